The molecule has 0 saturated carbocycles. The molecule has 0 radical (unpaired) electrons. The summed E-state index contributed by atoms with van der Waals surface area (Å²) in [5.74, 6) is -1.40. The van der Waals surface area contributed by atoms with Gasteiger partial charge in [-0.1, -0.05) is 23.7 Å². The van der Waals surface area contributed by atoms with Gasteiger partial charge in [-0.2, -0.15) is 22.0 Å². The minimum absolute atomic E-state index is 0.0161. The second-order valence-corrected chi connectivity index (χ2v) is 5.68. The highest BCUT2D eigenvalue weighted by atomic mass is 35.5. The van der Waals surface area contributed by atoms with Gasteiger partial charge in [-0.05, 0) is 23.8 Å². The summed E-state index contributed by atoms with van der Waals surface area (Å²) in [4.78, 5) is 17.1. The van der Waals surface area contributed by atoms with Crippen molar-refractivity contribution in [1.29, 1.82) is 0 Å². The molecule has 0 bridgehead atoms. The summed E-state index contributed by atoms with van der Waals surface area (Å²) < 4.78 is 67.3. The van der Waals surface area contributed by atoms with Crippen LogP contribution >= 0.6 is 11.6 Å². The molecule has 2 rings (SSSR count). The highest BCUT2D eigenvalue weighted by Gasteiger charge is 2.30. The number of aromatic nitrogens is 1. The van der Waals surface area contributed by atoms with Crippen LogP contribution in [0.4, 0.5) is 22.0 Å². The number of carbonyl (C=O) groups excluding carboxylic acids is 1. The number of nitrogens with zero attached hydrogens (tertiary/aromatic N) is 2. The highest BCUT2D eigenvalue weighted by molar-refractivity contribution is 6.30. The van der Waals surface area contributed by atoms with E-state index in [1.807, 2.05) is 0 Å². The van der Waals surface area contributed by atoms with Crippen molar-refractivity contribution in [2.24, 2.45) is 0 Å². The van der Waals surface area contributed by atoms with E-state index in [9.17, 15) is 26.7 Å². The molecule has 0 spiro atoms. The molecule has 0 fully saturated rings. The lowest BCUT2D eigenvalue weighted by Crippen LogP contribution is -2.27. The molecule has 0 unspecified atom stereocenters. The number of halogens is 6. The maximum atomic E-state index is 12.8. The molecule has 1 aromatic heterocycles. The van der Waals surface area contributed by atoms with Crippen molar-refractivity contribution in [1.82, 2.24) is 9.88 Å². The first-order valence-electron chi connectivity index (χ1n) is 7.10. The van der Waals surface area contributed by atoms with Crippen molar-refractivity contribution in [3.8, 4) is 5.88 Å². The SMILES string of the molecule is CN(Cc1cccc(C(F)(F)F)c1)C(=O)c1cc(Cl)cnc1OC(F)F. The average Bonchev–Trinajstić information content (AvgIpc) is 2.55. The molecule has 26 heavy (non-hydrogen) atoms. The summed E-state index contributed by atoms with van der Waals surface area (Å²) in [7, 11) is 1.30. The summed E-state index contributed by atoms with van der Waals surface area (Å²) >= 11 is 5.73. The Bertz CT molecular complexity index is 798. The van der Waals surface area contributed by atoms with Crippen LogP contribution < -0.4 is 4.74 Å². The van der Waals surface area contributed by atoms with Crippen LogP contribution in [0.3, 0.4) is 0 Å². The van der Waals surface area contributed by atoms with E-state index in [1.165, 1.54) is 19.2 Å². The fourth-order valence-corrected chi connectivity index (χ4v) is 2.31. The molecule has 0 N–H and O–H groups in total. The molecular weight excluding hydrogens is 383 g/mol. The first kappa shape index (κ1) is 19.9. The Labute approximate surface area is 150 Å². The Morgan fingerprint density at radius 1 is 1.31 bits per heavy atom. The zero-order valence-electron chi connectivity index (χ0n) is 13.2. The van der Waals surface area contributed by atoms with Gasteiger partial charge < -0.3 is 9.64 Å². The highest BCUT2D eigenvalue weighted by Crippen LogP contribution is 2.30. The third kappa shape index (κ3) is 5.04. The molecule has 1 heterocycles. The topological polar surface area (TPSA) is 42.4 Å². The number of rotatable bonds is 5. The maximum absolute atomic E-state index is 12.8. The molecule has 140 valence electrons. The molecule has 0 saturated heterocycles. The van der Waals surface area contributed by atoms with Gasteiger partial charge in [-0.25, -0.2) is 4.98 Å². The molecule has 1 aromatic carbocycles. The van der Waals surface area contributed by atoms with Crippen LogP contribution in [0.1, 0.15) is 21.5 Å². The third-order valence-corrected chi connectivity index (χ3v) is 3.48. The van der Waals surface area contributed by atoms with E-state index in [0.29, 0.717) is 0 Å². The van der Waals surface area contributed by atoms with Crippen LogP contribution in [0.15, 0.2) is 36.5 Å². The number of carbonyl (C=O) groups is 1. The fraction of sp³-hybridized carbons (Fsp3) is 0.250. The van der Waals surface area contributed by atoms with Crippen LogP contribution in [0.2, 0.25) is 5.02 Å². The van der Waals surface area contributed by atoms with E-state index >= 15 is 0 Å². The smallest absolute Gasteiger partial charge is 0.416 e. The molecule has 0 aliphatic carbocycles. The fourth-order valence-electron chi connectivity index (χ4n) is 2.16. The van der Waals surface area contributed by atoms with Crippen molar-refractivity contribution in [3.05, 3.63) is 58.2 Å². The summed E-state index contributed by atoms with van der Waals surface area (Å²) in [6.45, 7) is -3.40. The Morgan fingerprint density at radius 2 is 2.00 bits per heavy atom. The van der Waals surface area contributed by atoms with Gasteiger partial charge in [-0.3, -0.25) is 4.79 Å². The standard InChI is InChI=1S/C16H12ClF5N2O2/c1-24(8-9-3-2-4-10(5-9)16(20,21)22)14(25)12-6-11(17)7-23-13(12)26-15(18)19/h2-7,15H,8H2,1H3. The predicted octanol–water partition coefficient (Wildman–Crippen LogP) is 4.63. The molecule has 0 atom stereocenters. The Morgan fingerprint density at radius 3 is 2.62 bits per heavy atom. The van der Waals surface area contributed by atoms with Gasteiger partial charge in [0.1, 0.15) is 5.56 Å². The Kier molecular flexibility index (Phi) is 6.01. The number of amides is 1. The first-order chi connectivity index (χ1) is 12.1. The van der Waals surface area contributed by atoms with E-state index < -0.39 is 30.1 Å². The van der Waals surface area contributed by atoms with Gasteiger partial charge in [0.05, 0.1) is 10.6 Å². The first-order valence-corrected chi connectivity index (χ1v) is 7.47. The zero-order valence-corrected chi connectivity index (χ0v) is 14.0. The molecule has 1 amide bonds. The maximum Gasteiger partial charge on any atom is 0.416 e. The number of benzene rings is 1. The van der Waals surface area contributed by atoms with Crippen molar-refractivity contribution < 1.29 is 31.5 Å². The molecule has 2 aromatic rings. The van der Waals surface area contributed by atoms with Crippen LogP contribution in [0.5, 0.6) is 5.88 Å². The third-order valence-electron chi connectivity index (χ3n) is 3.27. The van der Waals surface area contributed by atoms with Crippen molar-refractivity contribution in [2.45, 2.75) is 19.3 Å². The number of pyridine rings is 1. The number of hydrogen-bond acceptors (Lipinski definition) is 3. The van der Waals surface area contributed by atoms with Gasteiger partial charge in [-0.15, -0.1) is 0 Å². The summed E-state index contributed by atoms with van der Waals surface area (Å²) in [5, 5.41) is 0.0161. The minimum atomic E-state index is -4.52. The molecule has 10 heteroatoms. The van der Waals surface area contributed by atoms with E-state index in [2.05, 4.69) is 9.72 Å². The summed E-state index contributed by atoms with van der Waals surface area (Å²) in [6, 6.07) is 5.52. The largest absolute Gasteiger partial charge is 0.416 e. The number of ether oxygens (including phenoxy) is 1. The van der Waals surface area contributed by atoms with Gasteiger partial charge in [0.2, 0.25) is 5.88 Å². The van der Waals surface area contributed by atoms with E-state index in [1.54, 1.807) is 0 Å². The molecular formula is C16H12ClF5N2O2. The van der Waals surface area contributed by atoms with E-state index in [4.69, 9.17) is 11.6 Å². The molecule has 0 aliphatic heterocycles. The minimum Gasteiger partial charge on any atom is -0.416 e. The van der Waals surface area contributed by atoms with Gasteiger partial charge in [0.15, 0.2) is 0 Å². The lowest BCUT2D eigenvalue weighted by Gasteiger charge is -2.19. The van der Waals surface area contributed by atoms with Crippen LogP contribution in [0.25, 0.3) is 0 Å². The van der Waals surface area contributed by atoms with E-state index in [-0.39, 0.29) is 22.7 Å². The van der Waals surface area contributed by atoms with Gasteiger partial charge in [0, 0.05) is 19.8 Å². The number of alkyl halides is 5. The van der Waals surface area contributed by atoms with Crippen LogP contribution in [-0.2, 0) is 12.7 Å². The van der Waals surface area contributed by atoms with Gasteiger partial charge in [0.25, 0.3) is 5.91 Å². The Balaban J connectivity index is 2.24. The van der Waals surface area contributed by atoms with Crippen molar-refractivity contribution in [3.63, 3.8) is 0 Å². The number of hydrogen-bond donors (Lipinski definition) is 0. The summed E-state index contributed by atoms with van der Waals surface area (Å²) in [5.41, 5.74) is -0.976. The van der Waals surface area contributed by atoms with Crippen LogP contribution in [0, 0.1) is 0 Å². The normalized spacial score (nSPS) is 11.5. The second-order valence-electron chi connectivity index (χ2n) is 5.24. The van der Waals surface area contributed by atoms with Crippen molar-refractivity contribution in [2.75, 3.05) is 7.05 Å². The second kappa shape index (κ2) is 7.86. The predicted molar refractivity (Wildman–Crippen MR) is 83.1 cm³/mol. The van der Waals surface area contributed by atoms with Crippen molar-refractivity contribution >= 4 is 17.5 Å². The lowest BCUT2D eigenvalue weighted by molar-refractivity contribution is -0.137. The van der Waals surface area contributed by atoms with E-state index in [0.717, 1.165) is 29.3 Å². The Hall–Kier alpha value is -2.42. The quantitative estimate of drug-likeness (QED) is 0.694. The van der Waals surface area contributed by atoms with Gasteiger partial charge >= 0.3 is 12.8 Å². The van der Waals surface area contributed by atoms with Crippen LogP contribution in [-0.4, -0.2) is 29.5 Å². The molecule has 4 nitrogen and oxygen atoms in total. The average molecular weight is 395 g/mol. The monoisotopic (exact) mass is 394 g/mol. The molecule has 0 aliphatic rings. The zero-order chi connectivity index (χ0) is 19.5. The summed E-state index contributed by atoms with van der Waals surface area (Å²) in [6.07, 6.45) is -3.49. The lowest BCUT2D eigenvalue weighted by atomic mass is 10.1.